The Kier molecular flexibility index (Phi) is 7.44. The molecule has 168 valence electrons. The molecule has 0 radical (unpaired) electrons. The number of amides is 1. The lowest BCUT2D eigenvalue weighted by Crippen LogP contribution is -2.34. The van der Waals surface area contributed by atoms with Gasteiger partial charge in [0.15, 0.2) is 10.9 Å². The number of rotatable bonds is 8. The van der Waals surface area contributed by atoms with Crippen molar-refractivity contribution in [3.63, 3.8) is 0 Å². The zero-order valence-electron chi connectivity index (χ0n) is 17.4. The fourth-order valence-electron chi connectivity index (χ4n) is 2.59. The smallest absolute Gasteiger partial charge is 0.263 e. The van der Waals surface area contributed by atoms with E-state index in [1.165, 1.54) is 30.3 Å². The standard InChI is InChI=1S/C21H22N4O5S2/c1-3-12-29-17-8-4-15(5-9-17)20(26)23-21(31)22-16-6-10-18(11-7-16)32(27,28)25-19-13-14(2)30-24-19/h4-11,13H,3,12H2,1-2H3,(H,24,25)(H2,22,23,26,31). The van der Waals surface area contributed by atoms with E-state index >= 15 is 0 Å². The van der Waals surface area contributed by atoms with Crippen LogP contribution >= 0.6 is 12.2 Å². The first-order valence-corrected chi connectivity index (χ1v) is 11.6. The lowest BCUT2D eigenvalue weighted by Gasteiger charge is -2.11. The molecule has 0 fully saturated rings. The number of thiocarbonyl (C=S) groups is 1. The van der Waals surface area contributed by atoms with Crippen LogP contribution in [-0.2, 0) is 10.0 Å². The summed E-state index contributed by atoms with van der Waals surface area (Å²) in [6.07, 6.45) is 0.896. The molecule has 1 amide bonds. The van der Waals surface area contributed by atoms with Gasteiger partial charge in [-0.05, 0) is 74.1 Å². The lowest BCUT2D eigenvalue weighted by atomic mass is 10.2. The zero-order chi connectivity index (χ0) is 23.1. The molecule has 11 heteroatoms. The van der Waals surface area contributed by atoms with Crippen molar-refractivity contribution in [2.24, 2.45) is 0 Å². The number of carbonyl (C=O) groups is 1. The van der Waals surface area contributed by atoms with Gasteiger partial charge in [-0.3, -0.25) is 14.8 Å². The average molecular weight is 475 g/mol. The summed E-state index contributed by atoms with van der Waals surface area (Å²) in [5.74, 6) is 0.889. The summed E-state index contributed by atoms with van der Waals surface area (Å²) in [6, 6.07) is 14.1. The minimum absolute atomic E-state index is 0.0315. The van der Waals surface area contributed by atoms with E-state index in [0.717, 1.165) is 6.42 Å². The summed E-state index contributed by atoms with van der Waals surface area (Å²) in [6.45, 7) is 4.28. The van der Waals surface area contributed by atoms with E-state index in [1.54, 1.807) is 31.2 Å². The fraction of sp³-hybridized carbons (Fsp3) is 0.190. The summed E-state index contributed by atoms with van der Waals surface area (Å²) in [4.78, 5) is 12.4. The van der Waals surface area contributed by atoms with Gasteiger partial charge in [-0.15, -0.1) is 0 Å². The number of benzene rings is 2. The van der Waals surface area contributed by atoms with Crippen LogP contribution in [0.3, 0.4) is 0 Å². The number of ether oxygens (including phenoxy) is 1. The molecule has 0 spiro atoms. The highest BCUT2D eigenvalue weighted by molar-refractivity contribution is 7.92. The van der Waals surface area contributed by atoms with Crippen LogP contribution in [-0.4, -0.2) is 31.2 Å². The molecule has 9 nitrogen and oxygen atoms in total. The molecule has 3 N–H and O–H groups in total. The Morgan fingerprint density at radius 1 is 1.12 bits per heavy atom. The number of nitrogens with zero attached hydrogens (tertiary/aromatic N) is 1. The number of hydrogen-bond donors (Lipinski definition) is 3. The topological polar surface area (TPSA) is 123 Å². The van der Waals surface area contributed by atoms with E-state index in [0.29, 0.717) is 29.4 Å². The molecule has 0 saturated carbocycles. The number of nitrogens with one attached hydrogen (secondary N) is 3. The molecule has 0 aliphatic heterocycles. The maximum Gasteiger partial charge on any atom is 0.263 e. The summed E-state index contributed by atoms with van der Waals surface area (Å²) < 4.78 is 37.5. The molecule has 1 aromatic heterocycles. The summed E-state index contributed by atoms with van der Waals surface area (Å²) in [5.41, 5.74) is 0.934. The molecule has 0 aliphatic rings. The van der Waals surface area contributed by atoms with E-state index in [9.17, 15) is 13.2 Å². The molecule has 3 rings (SSSR count). The highest BCUT2D eigenvalue weighted by atomic mass is 32.2. The van der Waals surface area contributed by atoms with Gasteiger partial charge in [0.25, 0.3) is 15.9 Å². The second kappa shape index (κ2) is 10.2. The Labute approximate surface area is 191 Å². The van der Waals surface area contributed by atoms with Crippen molar-refractivity contribution >= 4 is 44.8 Å². The predicted octanol–water partition coefficient (Wildman–Crippen LogP) is 3.70. The van der Waals surface area contributed by atoms with Gasteiger partial charge in [-0.25, -0.2) is 8.42 Å². The number of sulfonamides is 1. The molecule has 0 aliphatic carbocycles. The second-order valence-electron chi connectivity index (χ2n) is 6.73. The number of anilines is 2. The Bertz CT molecular complexity index is 1190. The van der Waals surface area contributed by atoms with Crippen LogP contribution in [0, 0.1) is 6.92 Å². The Morgan fingerprint density at radius 3 is 2.41 bits per heavy atom. The minimum atomic E-state index is -3.82. The predicted molar refractivity (Wildman–Crippen MR) is 124 cm³/mol. The molecule has 0 atom stereocenters. The molecular weight excluding hydrogens is 452 g/mol. The van der Waals surface area contributed by atoms with Gasteiger partial charge < -0.3 is 14.6 Å². The van der Waals surface area contributed by atoms with Crippen molar-refractivity contribution in [2.45, 2.75) is 25.2 Å². The monoisotopic (exact) mass is 474 g/mol. The first kappa shape index (κ1) is 23.2. The molecule has 0 saturated heterocycles. The van der Waals surface area contributed by atoms with E-state index in [1.807, 2.05) is 6.92 Å². The molecule has 3 aromatic rings. The van der Waals surface area contributed by atoms with Gasteiger partial charge in [0.1, 0.15) is 11.5 Å². The maximum absolute atomic E-state index is 12.4. The molecule has 0 bridgehead atoms. The van der Waals surface area contributed by atoms with E-state index in [4.69, 9.17) is 21.5 Å². The Hall–Kier alpha value is -3.44. The fourth-order valence-corrected chi connectivity index (χ4v) is 3.78. The average Bonchev–Trinajstić information content (AvgIpc) is 3.16. The third-order valence-electron chi connectivity index (χ3n) is 4.11. The van der Waals surface area contributed by atoms with Crippen LogP contribution < -0.4 is 20.1 Å². The van der Waals surface area contributed by atoms with Crippen molar-refractivity contribution in [1.29, 1.82) is 0 Å². The van der Waals surface area contributed by atoms with Crippen molar-refractivity contribution in [3.8, 4) is 5.75 Å². The van der Waals surface area contributed by atoms with Crippen LogP contribution in [0.5, 0.6) is 5.75 Å². The first-order chi connectivity index (χ1) is 15.3. The molecular formula is C21H22N4O5S2. The van der Waals surface area contributed by atoms with Gasteiger partial charge in [0, 0.05) is 17.3 Å². The lowest BCUT2D eigenvalue weighted by molar-refractivity contribution is 0.0977. The zero-order valence-corrected chi connectivity index (χ0v) is 19.0. The highest BCUT2D eigenvalue weighted by Crippen LogP contribution is 2.18. The Morgan fingerprint density at radius 2 is 1.81 bits per heavy atom. The van der Waals surface area contributed by atoms with Gasteiger partial charge in [0.2, 0.25) is 0 Å². The normalized spacial score (nSPS) is 10.9. The van der Waals surface area contributed by atoms with Crippen molar-refractivity contribution in [3.05, 3.63) is 65.9 Å². The van der Waals surface area contributed by atoms with Crippen molar-refractivity contribution in [2.75, 3.05) is 16.6 Å². The van der Waals surface area contributed by atoms with Crippen LogP contribution in [0.2, 0.25) is 0 Å². The minimum Gasteiger partial charge on any atom is -0.494 e. The maximum atomic E-state index is 12.4. The quantitative estimate of drug-likeness (QED) is 0.423. The number of hydrogen-bond acceptors (Lipinski definition) is 7. The molecule has 0 unspecified atom stereocenters. The van der Waals surface area contributed by atoms with E-state index < -0.39 is 10.0 Å². The molecule has 1 heterocycles. The number of aryl methyl sites for hydroxylation is 1. The number of aromatic nitrogens is 1. The van der Waals surface area contributed by atoms with Crippen LogP contribution in [0.15, 0.2) is 64.0 Å². The van der Waals surface area contributed by atoms with Gasteiger partial charge in [0.05, 0.1) is 11.5 Å². The van der Waals surface area contributed by atoms with Crippen molar-refractivity contribution in [1.82, 2.24) is 10.5 Å². The summed E-state index contributed by atoms with van der Waals surface area (Å²) in [5, 5.41) is 9.11. The van der Waals surface area contributed by atoms with E-state index in [-0.39, 0.29) is 21.7 Å². The van der Waals surface area contributed by atoms with Crippen LogP contribution in [0.1, 0.15) is 29.5 Å². The van der Waals surface area contributed by atoms with Gasteiger partial charge in [-0.1, -0.05) is 12.1 Å². The second-order valence-corrected chi connectivity index (χ2v) is 8.82. The highest BCUT2D eigenvalue weighted by Gasteiger charge is 2.16. The SMILES string of the molecule is CCCOc1ccc(C(=O)NC(=S)Nc2ccc(S(=O)(=O)Nc3cc(C)on3)cc2)cc1. The Balaban J connectivity index is 1.56. The summed E-state index contributed by atoms with van der Waals surface area (Å²) in [7, 11) is -3.82. The van der Waals surface area contributed by atoms with Gasteiger partial charge in [-0.2, -0.15) is 0 Å². The molecule has 32 heavy (non-hydrogen) atoms. The van der Waals surface area contributed by atoms with E-state index in [2.05, 4.69) is 20.5 Å². The van der Waals surface area contributed by atoms with Crippen LogP contribution in [0.4, 0.5) is 11.5 Å². The van der Waals surface area contributed by atoms with Crippen molar-refractivity contribution < 1.29 is 22.5 Å². The summed E-state index contributed by atoms with van der Waals surface area (Å²) >= 11 is 5.17. The third-order valence-corrected chi connectivity index (χ3v) is 5.68. The first-order valence-electron chi connectivity index (χ1n) is 9.68. The molecule has 2 aromatic carbocycles. The largest absolute Gasteiger partial charge is 0.494 e. The third kappa shape index (κ3) is 6.28. The number of carbonyl (C=O) groups excluding carboxylic acids is 1. The van der Waals surface area contributed by atoms with Gasteiger partial charge >= 0.3 is 0 Å². The van der Waals surface area contributed by atoms with Crippen LogP contribution in [0.25, 0.3) is 0 Å².